The summed E-state index contributed by atoms with van der Waals surface area (Å²) in [7, 11) is 0. The molecule has 1 aliphatic rings. The fourth-order valence-electron chi connectivity index (χ4n) is 3.90. The van der Waals surface area contributed by atoms with E-state index in [1.165, 1.54) is 5.56 Å². The second-order valence-electron chi connectivity index (χ2n) is 7.67. The first-order valence-electron chi connectivity index (χ1n) is 10.4. The molecule has 2 aromatic rings. The summed E-state index contributed by atoms with van der Waals surface area (Å²) in [6.07, 6.45) is 3.56. The summed E-state index contributed by atoms with van der Waals surface area (Å²) < 4.78 is 0. The number of nitrogens with one attached hydrogen (secondary N) is 1. The number of nitrogens with zero attached hydrogens (tertiary/aromatic N) is 1. The van der Waals surface area contributed by atoms with Gasteiger partial charge in [0.1, 0.15) is 6.04 Å². The third-order valence-electron chi connectivity index (χ3n) is 5.67. The van der Waals surface area contributed by atoms with Crippen LogP contribution in [-0.2, 0) is 16.0 Å². The highest BCUT2D eigenvalue weighted by Crippen LogP contribution is 2.29. The first kappa shape index (κ1) is 23.9. The van der Waals surface area contributed by atoms with Crippen LogP contribution in [0.1, 0.15) is 57.1 Å². The lowest BCUT2D eigenvalue weighted by Crippen LogP contribution is -2.50. The summed E-state index contributed by atoms with van der Waals surface area (Å²) in [4.78, 5) is 27.2. The molecule has 0 spiro atoms. The molecule has 0 aromatic heterocycles. The predicted octanol–water partition coefficient (Wildman–Crippen LogP) is 5.21. The minimum atomic E-state index is -0.439. The Morgan fingerprint density at radius 1 is 1.07 bits per heavy atom. The molecule has 0 unspecified atom stereocenters. The summed E-state index contributed by atoms with van der Waals surface area (Å²) in [6.45, 7) is 3.39. The Kier molecular flexibility index (Phi) is 9.38. The van der Waals surface area contributed by atoms with E-state index >= 15 is 0 Å². The van der Waals surface area contributed by atoms with Crippen molar-refractivity contribution in [2.45, 2.75) is 58.4 Å². The van der Waals surface area contributed by atoms with E-state index in [4.69, 9.17) is 11.6 Å². The van der Waals surface area contributed by atoms with Gasteiger partial charge < -0.3 is 10.2 Å². The number of carbonyl (C=O) groups excluding carboxylic acids is 2. The number of halogens is 1. The topological polar surface area (TPSA) is 49.4 Å². The minimum absolute atomic E-state index is 0. The Morgan fingerprint density at radius 2 is 1.70 bits per heavy atom. The molecule has 1 aliphatic heterocycles. The summed E-state index contributed by atoms with van der Waals surface area (Å²) in [5, 5.41) is 3.68. The molecule has 0 radical (unpaired) electrons. The van der Waals surface area contributed by atoms with Gasteiger partial charge in [-0.05, 0) is 54.9 Å². The van der Waals surface area contributed by atoms with Crippen molar-refractivity contribution in [3.05, 3.63) is 70.7 Å². The number of aryl methyl sites for hydroxylation is 1. The number of hydrogen-bond donors (Lipinski definition) is 1. The molecule has 1 fully saturated rings. The normalized spacial score (nSPS) is 15.2. The predicted molar refractivity (Wildman–Crippen MR) is 124 cm³/mol. The van der Waals surface area contributed by atoms with Gasteiger partial charge >= 0.3 is 0 Å². The van der Waals surface area contributed by atoms with E-state index in [2.05, 4.69) is 17.4 Å². The van der Waals surface area contributed by atoms with Gasteiger partial charge in [0.2, 0.25) is 11.8 Å². The summed E-state index contributed by atoms with van der Waals surface area (Å²) in [6, 6.07) is 17.5. The number of piperidine rings is 1. The highest BCUT2D eigenvalue weighted by Gasteiger charge is 2.28. The van der Waals surface area contributed by atoms with Gasteiger partial charge in [0.25, 0.3) is 0 Å². The largest absolute Gasteiger partial charge is 0.344 e. The molecule has 30 heavy (non-hydrogen) atoms. The molecule has 1 saturated heterocycles. The van der Waals surface area contributed by atoms with Crippen molar-refractivity contribution in [3.63, 3.8) is 0 Å². The number of likely N-dealkylation sites (tertiary alicyclic amines) is 1. The molecule has 0 bridgehead atoms. The van der Waals surface area contributed by atoms with Crippen LogP contribution in [0.25, 0.3) is 0 Å². The maximum Gasteiger partial charge on any atom is 0.245 e. The van der Waals surface area contributed by atoms with Crippen molar-refractivity contribution in [2.24, 2.45) is 0 Å². The molecule has 0 aliphatic carbocycles. The average molecular weight is 429 g/mol. The Balaban J connectivity index is 0.00000320. The lowest BCUT2D eigenvalue weighted by atomic mass is 9.89. The van der Waals surface area contributed by atoms with Crippen LogP contribution in [-0.4, -0.2) is 35.8 Å². The van der Waals surface area contributed by atoms with E-state index in [-0.39, 0.29) is 19.2 Å². The van der Waals surface area contributed by atoms with Crippen LogP contribution < -0.4 is 5.32 Å². The van der Waals surface area contributed by atoms with E-state index in [1.54, 1.807) is 0 Å². The Labute approximate surface area is 185 Å². The smallest absolute Gasteiger partial charge is 0.245 e. The highest BCUT2D eigenvalue weighted by molar-refractivity contribution is 6.30. The summed E-state index contributed by atoms with van der Waals surface area (Å²) in [5.41, 5.74) is 2.41. The molecule has 2 aromatic carbocycles. The minimum Gasteiger partial charge on any atom is -0.344 e. The average Bonchev–Trinajstić information content (AvgIpc) is 2.77. The third-order valence-corrected chi connectivity index (χ3v) is 5.93. The van der Waals surface area contributed by atoms with Gasteiger partial charge in [-0.25, -0.2) is 0 Å². The zero-order chi connectivity index (χ0) is 20.6. The van der Waals surface area contributed by atoms with E-state index in [9.17, 15) is 9.59 Å². The van der Waals surface area contributed by atoms with Crippen molar-refractivity contribution in [1.29, 1.82) is 0 Å². The van der Waals surface area contributed by atoms with E-state index in [0.29, 0.717) is 25.2 Å². The van der Waals surface area contributed by atoms with Crippen molar-refractivity contribution >= 4 is 23.4 Å². The molecule has 5 heteroatoms. The fourth-order valence-corrected chi connectivity index (χ4v) is 4.02. The van der Waals surface area contributed by atoms with E-state index < -0.39 is 6.04 Å². The van der Waals surface area contributed by atoms with Crippen LogP contribution in [0, 0.1) is 0 Å². The van der Waals surface area contributed by atoms with Crippen molar-refractivity contribution in [3.8, 4) is 0 Å². The second-order valence-corrected chi connectivity index (χ2v) is 8.10. The molecule has 3 rings (SSSR count). The molecule has 4 nitrogen and oxygen atoms in total. The third kappa shape index (κ3) is 6.60. The second kappa shape index (κ2) is 11.8. The summed E-state index contributed by atoms with van der Waals surface area (Å²) in [5.74, 6) is 0.428. The Bertz CT molecular complexity index is 800. The number of benzene rings is 2. The lowest BCUT2D eigenvalue weighted by Gasteiger charge is -2.34. The SMILES string of the molecule is C.CC[C@@H](NC(=O)CCc1ccccc1)C(=O)N1CCC(c2ccc(Cl)cc2)CC1. The molecule has 1 atom stereocenters. The van der Waals surface area contributed by atoms with Gasteiger partial charge in [-0.3, -0.25) is 9.59 Å². The van der Waals surface area contributed by atoms with E-state index in [1.807, 2.05) is 54.3 Å². The zero-order valence-corrected chi connectivity index (χ0v) is 17.7. The Morgan fingerprint density at radius 3 is 2.30 bits per heavy atom. The van der Waals surface area contributed by atoms with Crippen LogP contribution in [0.5, 0.6) is 0 Å². The molecular formula is C25H33ClN2O2. The van der Waals surface area contributed by atoms with Crippen LogP contribution in [0.3, 0.4) is 0 Å². The van der Waals surface area contributed by atoms with Gasteiger partial charge in [-0.1, -0.05) is 68.4 Å². The lowest BCUT2D eigenvalue weighted by molar-refractivity contribution is -0.137. The first-order chi connectivity index (χ1) is 14.1. The number of rotatable bonds is 7. The van der Waals surface area contributed by atoms with E-state index in [0.717, 1.165) is 36.5 Å². The molecular weight excluding hydrogens is 396 g/mol. The molecule has 0 saturated carbocycles. The molecule has 1 N–H and O–H groups in total. The number of hydrogen-bond acceptors (Lipinski definition) is 2. The van der Waals surface area contributed by atoms with Gasteiger partial charge in [-0.2, -0.15) is 0 Å². The molecule has 1 heterocycles. The van der Waals surface area contributed by atoms with Crippen LogP contribution in [0.15, 0.2) is 54.6 Å². The van der Waals surface area contributed by atoms with Gasteiger partial charge in [0.15, 0.2) is 0 Å². The fraction of sp³-hybridized carbons (Fsp3) is 0.440. The Hall–Kier alpha value is -2.33. The zero-order valence-electron chi connectivity index (χ0n) is 16.9. The highest BCUT2D eigenvalue weighted by atomic mass is 35.5. The van der Waals surface area contributed by atoms with Crippen LogP contribution in [0.4, 0.5) is 0 Å². The van der Waals surface area contributed by atoms with Crippen molar-refractivity contribution in [1.82, 2.24) is 10.2 Å². The van der Waals surface area contributed by atoms with Crippen LogP contribution in [0.2, 0.25) is 5.02 Å². The monoisotopic (exact) mass is 428 g/mol. The van der Waals surface area contributed by atoms with Crippen molar-refractivity contribution in [2.75, 3.05) is 13.1 Å². The quantitative estimate of drug-likeness (QED) is 0.658. The van der Waals surface area contributed by atoms with Crippen molar-refractivity contribution < 1.29 is 9.59 Å². The van der Waals surface area contributed by atoms with Crippen LogP contribution >= 0.6 is 11.6 Å². The standard InChI is InChI=1S/C24H29ClN2O2.CH4/c1-2-22(26-23(28)13-8-18-6-4-3-5-7-18)24(29)27-16-14-20(15-17-27)19-9-11-21(25)12-10-19;/h3-7,9-12,20,22H,2,8,13-17H2,1H3,(H,26,28);1H4/t22-;/m1./s1. The summed E-state index contributed by atoms with van der Waals surface area (Å²) >= 11 is 5.98. The molecule has 162 valence electrons. The first-order valence-corrected chi connectivity index (χ1v) is 10.8. The number of amides is 2. The van der Waals surface area contributed by atoms with Gasteiger partial charge in [0, 0.05) is 24.5 Å². The van der Waals surface area contributed by atoms with Gasteiger partial charge in [-0.15, -0.1) is 0 Å². The maximum absolute atomic E-state index is 12.9. The maximum atomic E-state index is 12.9. The number of carbonyl (C=O) groups is 2. The van der Waals surface area contributed by atoms with Gasteiger partial charge in [0.05, 0.1) is 0 Å². The molecule has 2 amide bonds.